The van der Waals surface area contributed by atoms with Gasteiger partial charge in [-0.1, -0.05) is 6.92 Å². The van der Waals surface area contributed by atoms with Crippen molar-refractivity contribution in [2.24, 2.45) is 5.73 Å². The highest BCUT2D eigenvalue weighted by Crippen LogP contribution is 2.14. The van der Waals surface area contributed by atoms with Crippen molar-refractivity contribution in [1.29, 1.82) is 0 Å². The van der Waals surface area contributed by atoms with Gasteiger partial charge in [0, 0.05) is 18.8 Å². The Bertz CT molecular complexity index is 348. The van der Waals surface area contributed by atoms with Gasteiger partial charge >= 0.3 is 0 Å². The molecule has 0 saturated carbocycles. The first-order chi connectivity index (χ1) is 7.61. The second kappa shape index (κ2) is 5.65. The van der Waals surface area contributed by atoms with Crippen molar-refractivity contribution in [3.8, 4) is 0 Å². The topological polar surface area (TPSA) is 72.9 Å². The predicted molar refractivity (Wildman–Crippen MR) is 63.0 cm³/mol. The number of carbonyl (C=O) groups excluding carboxylic acids is 1. The molecule has 1 aromatic rings. The summed E-state index contributed by atoms with van der Waals surface area (Å²) in [5, 5.41) is 2.94. The number of carbonyl (C=O) groups is 1. The highest BCUT2D eigenvalue weighted by Gasteiger charge is 2.23. The van der Waals surface area contributed by atoms with Gasteiger partial charge in [0.25, 0.3) is 0 Å². The van der Waals surface area contributed by atoms with E-state index in [1.807, 2.05) is 17.7 Å². The van der Waals surface area contributed by atoms with Crippen LogP contribution in [-0.4, -0.2) is 28.5 Å². The van der Waals surface area contributed by atoms with Crippen LogP contribution in [0.3, 0.4) is 0 Å². The Labute approximate surface area is 96.0 Å². The van der Waals surface area contributed by atoms with E-state index in [0.29, 0.717) is 0 Å². The first kappa shape index (κ1) is 12.7. The second-order valence-corrected chi connectivity index (χ2v) is 3.91. The minimum Gasteiger partial charge on any atom is -0.368 e. The minimum absolute atomic E-state index is 0.0217. The van der Waals surface area contributed by atoms with E-state index >= 15 is 0 Å². The van der Waals surface area contributed by atoms with Crippen molar-refractivity contribution in [2.75, 3.05) is 7.05 Å². The fraction of sp³-hybridized carbons (Fsp3) is 0.636. The molecule has 0 aliphatic carbocycles. The minimum atomic E-state index is -0.371. The molecule has 0 spiro atoms. The van der Waals surface area contributed by atoms with E-state index in [4.69, 9.17) is 5.73 Å². The Morgan fingerprint density at radius 1 is 1.69 bits per heavy atom. The van der Waals surface area contributed by atoms with Gasteiger partial charge in [0.15, 0.2) is 0 Å². The number of nitrogens with zero attached hydrogens (tertiary/aromatic N) is 2. The molecule has 90 valence electrons. The highest BCUT2D eigenvalue weighted by molar-refractivity contribution is 5.80. The molecule has 1 rings (SSSR count). The van der Waals surface area contributed by atoms with Crippen LogP contribution in [0.4, 0.5) is 0 Å². The van der Waals surface area contributed by atoms with Crippen molar-refractivity contribution >= 4 is 5.91 Å². The third-order valence-corrected chi connectivity index (χ3v) is 2.76. The van der Waals surface area contributed by atoms with E-state index in [-0.39, 0.29) is 18.0 Å². The molecule has 2 unspecified atom stereocenters. The number of amides is 1. The number of hydrogen-bond donors (Lipinski definition) is 2. The third kappa shape index (κ3) is 2.61. The summed E-state index contributed by atoms with van der Waals surface area (Å²) in [6.07, 6.45) is 5.59. The number of hydrogen-bond acceptors (Lipinski definition) is 3. The molecule has 1 heterocycles. The van der Waals surface area contributed by atoms with Crippen LogP contribution in [0.25, 0.3) is 0 Å². The standard InChI is InChI=1S/C11H20N4O/c1-4-5-9-14-6-7-15(9)8(2)10(13-3)11(12)16/h6-8,10,13H,4-5H2,1-3H3,(H2,12,16). The molecule has 0 aromatic carbocycles. The van der Waals surface area contributed by atoms with Crippen LogP contribution < -0.4 is 11.1 Å². The molecule has 1 amide bonds. The highest BCUT2D eigenvalue weighted by atomic mass is 16.1. The molecule has 2 atom stereocenters. The zero-order valence-electron chi connectivity index (χ0n) is 10.1. The van der Waals surface area contributed by atoms with Crippen LogP contribution in [-0.2, 0) is 11.2 Å². The van der Waals surface area contributed by atoms with Gasteiger partial charge in [-0.25, -0.2) is 4.98 Å². The molecule has 0 radical (unpaired) electrons. The molecule has 3 N–H and O–H groups in total. The average Bonchev–Trinajstić information content (AvgIpc) is 2.66. The quantitative estimate of drug-likeness (QED) is 0.737. The maximum absolute atomic E-state index is 11.3. The summed E-state index contributed by atoms with van der Waals surface area (Å²) in [5.41, 5.74) is 5.34. The molecule has 5 nitrogen and oxygen atoms in total. The first-order valence-corrected chi connectivity index (χ1v) is 5.60. The third-order valence-electron chi connectivity index (χ3n) is 2.76. The van der Waals surface area contributed by atoms with Gasteiger partial charge in [-0.3, -0.25) is 4.79 Å². The van der Waals surface area contributed by atoms with Crippen LogP contribution in [0.15, 0.2) is 12.4 Å². The Kier molecular flexibility index (Phi) is 4.49. The lowest BCUT2D eigenvalue weighted by atomic mass is 10.1. The van der Waals surface area contributed by atoms with Crippen molar-refractivity contribution < 1.29 is 4.79 Å². The zero-order valence-corrected chi connectivity index (χ0v) is 10.1. The summed E-state index contributed by atoms with van der Waals surface area (Å²) in [6.45, 7) is 4.07. The lowest BCUT2D eigenvalue weighted by molar-refractivity contribution is -0.120. The summed E-state index contributed by atoms with van der Waals surface area (Å²) >= 11 is 0. The summed E-state index contributed by atoms with van der Waals surface area (Å²) in [7, 11) is 1.74. The van der Waals surface area contributed by atoms with Gasteiger partial charge in [-0.15, -0.1) is 0 Å². The van der Waals surface area contributed by atoms with Gasteiger partial charge in [0.2, 0.25) is 5.91 Å². The van der Waals surface area contributed by atoms with E-state index < -0.39 is 0 Å². The summed E-state index contributed by atoms with van der Waals surface area (Å²) in [6, 6.07) is -0.392. The fourth-order valence-corrected chi connectivity index (χ4v) is 1.91. The lowest BCUT2D eigenvalue weighted by Gasteiger charge is -2.23. The number of nitrogens with two attached hydrogens (primary N) is 1. The smallest absolute Gasteiger partial charge is 0.236 e. The maximum atomic E-state index is 11.3. The van der Waals surface area contributed by atoms with Gasteiger partial charge in [0.1, 0.15) is 11.9 Å². The summed E-state index contributed by atoms with van der Waals surface area (Å²) in [4.78, 5) is 15.5. The molecule has 0 aliphatic rings. The maximum Gasteiger partial charge on any atom is 0.236 e. The lowest BCUT2D eigenvalue weighted by Crippen LogP contribution is -2.44. The van der Waals surface area contributed by atoms with Gasteiger partial charge < -0.3 is 15.6 Å². The van der Waals surface area contributed by atoms with E-state index in [1.165, 1.54) is 0 Å². The molecular weight excluding hydrogens is 204 g/mol. The van der Waals surface area contributed by atoms with Crippen LogP contribution in [0.2, 0.25) is 0 Å². The molecule has 0 fully saturated rings. The van der Waals surface area contributed by atoms with Crippen molar-refractivity contribution in [3.63, 3.8) is 0 Å². The first-order valence-electron chi connectivity index (χ1n) is 5.60. The number of rotatable bonds is 6. The van der Waals surface area contributed by atoms with E-state index in [9.17, 15) is 4.79 Å². The van der Waals surface area contributed by atoms with Crippen molar-refractivity contribution in [3.05, 3.63) is 18.2 Å². The van der Waals surface area contributed by atoms with Crippen molar-refractivity contribution in [2.45, 2.75) is 38.8 Å². The number of aromatic nitrogens is 2. The van der Waals surface area contributed by atoms with Gasteiger partial charge in [0.05, 0.1) is 6.04 Å². The number of nitrogens with one attached hydrogen (secondary N) is 1. The fourth-order valence-electron chi connectivity index (χ4n) is 1.91. The van der Waals surface area contributed by atoms with Crippen LogP contribution in [0.5, 0.6) is 0 Å². The van der Waals surface area contributed by atoms with Crippen LogP contribution in [0, 0.1) is 0 Å². The summed E-state index contributed by atoms with van der Waals surface area (Å²) < 4.78 is 2.01. The molecule has 0 bridgehead atoms. The number of aryl methyl sites for hydroxylation is 1. The van der Waals surface area contributed by atoms with Crippen LogP contribution >= 0.6 is 0 Å². The monoisotopic (exact) mass is 224 g/mol. The number of imidazole rings is 1. The van der Waals surface area contributed by atoms with E-state index in [2.05, 4.69) is 17.2 Å². The Morgan fingerprint density at radius 3 is 2.88 bits per heavy atom. The molecule has 5 heteroatoms. The average molecular weight is 224 g/mol. The van der Waals surface area contributed by atoms with Crippen LogP contribution in [0.1, 0.15) is 32.1 Å². The summed E-state index contributed by atoms with van der Waals surface area (Å²) in [5.74, 6) is 0.655. The molecule has 1 aromatic heterocycles. The Hall–Kier alpha value is -1.36. The van der Waals surface area contributed by atoms with Gasteiger partial charge in [-0.2, -0.15) is 0 Å². The zero-order chi connectivity index (χ0) is 12.1. The normalized spacial score (nSPS) is 14.7. The largest absolute Gasteiger partial charge is 0.368 e. The van der Waals surface area contributed by atoms with E-state index in [1.54, 1.807) is 13.2 Å². The molecule has 0 saturated heterocycles. The number of primary amides is 1. The molecular formula is C11H20N4O. The molecule has 0 aliphatic heterocycles. The van der Waals surface area contributed by atoms with Crippen molar-refractivity contribution in [1.82, 2.24) is 14.9 Å². The second-order valence-electron chi connectivity index (χ2n) is 3.91. The predicted octanol–water partition coefficient (Wildman–Crippen LogP) is 0.470. The number of likely N-dealkylation sites (N-methyl/N-ethyl adjacent to an activating group) is 1. The van der Waals surface area contributed by atoms with Gasteiger partial charge in [-0.05, 0) is 20.4 Å². The van der Waals surface area contributed by atoms with E-state index in [0.717, 1.165) is 18.7 Å². The Morgan fingerprint density at radius 2 is 2.38 bits per heavy atom. The molecule has 16 heavy (non-hydrogen) atoms. The Balaban J connectivity index is 2.89. The SMILES string of the molecule is CCCc1nccn1C(C)C(NC)C(N)=O.